The van der Waals surface area contributed by atoms with Gasteiger partial charge in [0.15, 0.2) is 5.41 Å². The highest BCUT2D eigenvalue weighted by molar-refractivity contribution is 5.91. The van der Waals surface area contributed by atoms with Crippen molar-refractivity contribution in [2.24, 2.45) is 0 Å². The zero-order chi connectivity index (χ0) is 16.2. The number of rotatable bonds is 2. The number of ether oxygens (including phenoxy) is 1. The smallest absolute Gasteiger partial charge is 0.322 e. The number of hydrogen-bond acceptors (Lipinski definition) is 3. The number of aliphatic carboxylic acids is 1. The molecule has 0 fully saturated rings. The number of fused-ring (bicyclic) bond motifs is 1. The van der Waals surface area contributed by atoms with Crippen LogP contribution in [0.3, 0.4) is 0 Å². The van der Waals surface area contributed by atoms with Gasteiger partial charge in [-0.2, -0.15) is 0 Å². The quantitative estimate of drug-likeness (QED) is 0.867. The van der Waals surface area contributed by atoms with Crippen molar-refractivity contribution in [1.29, 1.82) is 0 Å². The number of carboxylic acid groups (broad SMARTS) is 1. The van der Waals surface area contributed by atoms with Crippen molar-refractivity contribution < 1.29 is 19.4 Å². The Bertz CT molecular complexity index is 776. The molecule has 0 saturated heterocycles. The van der Waals surface area contributed by atoms with Gasteiger partial charge in [-0.05, 0) is 28.7 Å². The third-order valence-electron chi connectivity index (χ3n) is 5.10. The summed E-state index contributed by atoms with van der Waals surface area (Å²) in [6.45, 7) is 1.33. The minimum atomic E-state index is -1.33. The van der Waals surface area contributed by atoms with Gasteiger partial charge in [0.1, 0.15) is 6.10 Å². The van der Waals surface area contributed by atoms with Crippen LogP contribution >= 0.6 is 0 Å². The van der Waals surface area contributed by atoms with Crippen LogP contribution in [0.25, 0.3) is 0 Å². The molecule has 0 spiro atoms. The Morgan fingerprint density at radius 3 is 2.04 bits per heavy atom. The lowest BCUT2D eigenvalue weighted by Gasteiger charge is -2.50. The lowest BCUT2D eigenvalue weighted by Crippen LogP contribution is -2.56. The summed E-state index contributed by atoms with van der Waals surface area (Å²) >= 11 is 0. The maximum absolute atomic E-state index is 12.5. The van der Waals surface area contributed by atoms with Gasteiger partial charge in [0.25, 0.3) is 0 Å². The summed E-state index contributed by atoms with van der Waals surface area (Å²) in [6.07, 6.45) is -0.188. The first-order chi connectivity index (χ1) is 11.1. The molecule has 116 valence electrons. The first kappa shape index (κ1) is 14.0. The van der Waals surface area contributed by atoms with E-state index in [-0.39, 0.29) is 5.92 Å². The Labute approximate surface area is 133 Å². The Kier molecular flexibility index (Phi) is 2.85. The molecule has 23 heavy (non-hydrogen) atoms. The molecular weight excluding hydrogens is 292 g/mol. The Morgan fingerprint density at radius 1 is 1.04 bits per heavy atom. The van der Waals surface area contributed by atoms with Gasteiger partial charge in [0, 0.05) is 12.8 Å². The van der Waals surface area contributed by atoms with Crippen LogP contribution in [0.15, 0.2) is 48.5 Å². The SMILES string of the molecule is CC(=O)OC1CC2c3ccccc3C1(C(=O)O)c1ccccc12. The number of carbonyl (C=O) groups excluding carboxylic acids is 1. The van der Waals surface area contributed by atoms with E-state index >= 15 is 0 Å². The zero-order valence-corrected chi connectivity index (χ0v) is 12.7. The van der Waals surface area contributed by atoms with Crippen LogP contribution < -0.4 is 0 Å². The highest BCUT2D eigenvalue weighted by atomic mass is 16.5. The molecule has 0 saturated carbocycles. The lowest BCUT2D eigenvalue weighted by atomic mass is 9.53. The van der Waals surface area contributed by atoms with Crippen LogP contribution in [-0.2, 0) is 19.7 Å². The molecule has 3 aliphatic carbocycles. The molecule has 2 aromatic carbocycles. The van der Waals surface area contributed by atoms with E-state index in [4.69, 9.17) is 4.74 Å². The molecule has 1 unspecified atom stereocenters. The van der Waals surface area contributed by atoms with E-state index < -0.39 is 23.5 Å². The normalized spacial score (nSPS) is 27.0. The highest BCUT2D eigenvalue weighted by Gasteiger charge is 2.60. The summed E-state index contributed by atoms with van der Waals surface area (Å²) in [5.74, 6) is -1.35. The fourth-order valence-corrected chi connectivity index (χ4v) is 4.33. The van der Waals surface area contributed by atoms with E-state index in [1.165, 1.54) is 6.92 Å². The standard InChI is InChI=1S/C19H16O4/c1-11(20)23-17-10-14-12-6-2-4-8-15(12)19(17,18(21)22)16-9-5-3-7-13(14)16/h2-9,14,17H,10H2,1H3,(H,21,22). The first-order valence-corrected chi connectivity index (χ1v) is 7.66. The van der Waals surface area contributed by atoms with Crippen LogP contribution in [0.1, 0.15) is 41.5 Å². The summed E-state index contributed by atoms with van der Waals surface area (Å²) in [5.41, 5.74) is 2.21. The summed E-state index contributed by atoms with van der Waals surface area (Å²) < 4.78 is 5.48. The van der Waals surface area contributed by atoms with E-state index in [9.17, 15) is 14.7 Å². The summed E-state index contributed by atoms with van der Waals surface area (Å²) in [5, 5.41) is 10.2. The van der Waals surface area contributed by atoms with Gasteiger partial charge in [-0.25, -0.2) is 0 Å². The molecule has 0 radical (unpaired) electrons. The number of carbonyl (C=O) groups is 2. The molecule has 4 heteroatoms. The minimum absolute atomic E-state index is 0.0629. The van der Waals surface area contributed by atoms with Gasteiger partial charge in [0.2, 0.25) is 0 Å². The minimum Gasteiger partial charge on any atom is -0.480 e. The average Bonchev–Trinajstić information content (AvgIpc) is 2.54. The van der Waals surface area contributed by atoms with Crippen molar-refractivity contribution in [3.8, 4) is 0 Å². The van der Waals surface area contributed by atoms with Gasteiger partial charge in [-0.1, -0.05) is 48.5 Å². The Morgan fingerprint density at radius 2 is 1.57 bits per heavy atom. The van der Waals surface area contributed by atoms with Crippen LogP contribution in [0.5, 0.6) is 0 Å². The fraction of sp³-hybridized carbons (Fsp3) is 0.263. The van der Waals surface area contributed by atoms with E-state index in [1.807, 2.05) is 48.5 Å². The lowest BCUT2D eigenvalue weighted by molar-refractivity contribution is -0.160. The van der Waals surface area contributed by atoms with Crippen LogP contribution in [-0.4, -0.2) is 23.1 Å². The second kappa shape index (κ2) is 4.69. The third-order valence-corrected chi connectivity index (χ3v) is 5.10. The maximum atomic E-state index is 12.5. The molecule has 2 bridgehead atoms. The van der Waals surface area contributed by atoms with E-state index in [0.29, 0.717) is 6.42 Å². The molecule has 2 aromatic rings. The molecular formula is C19H16O4. The van der Waals surface area contributed by atoms with E-state index in [0.717, 1.165) is 22.3 Å². The van der Waals surface area contributed by atoms with Gasteiger partial charge >= 0.3 is 11.9 Å². The molecule has 3 aliphatic rings. The molecule has 1 atom stereocenters. The topological polar surface area (TPSA) is 63.6 Å². The van der Waals surface area contributed by atoms with Crippen molar-refractivity contribution >= 4 is 11.9 Å². The predicted octanol–water partition coefficient (Wildman–Crippen LogP) is 2.84. The van der Waals surface area contributed by atoms with Crippen molar-refractivity contribution in [1.82, 2.24) is 0 Å². The summed E-state index contributed by atoms with van der Waals surface area (Å²) in [6, 6.07) is 15.2. The first-order valence-electron chi connectivity index (χ1n) is 7.66. The molecule has 0 aromatic heterocycles. The monoisotopic (exact) mass is 308 g/mol. The molecule has 5 rings (SSSR count). The van der Waals surface area contributed by atoms with Crippen molar-refractivity contribution in [3.05, 3.63) is 70.8 Å². The second-order valence-corrected chi connectivity index (χ2v) is 6.17. The number of benzene rings is 2. The summed E-state index contributed by atoms with van der Waals surface area (Å²) in [7, 11) is 0. The Hall–Kier alpha value is -2.62. The van der Waals surface area contributed by atoms with Crippen molar-refractivity contribution in [2.75, 3.05) is 0 Å². The molecule has 1 N–H and O–H groups in total. The fourth-order valence-electron chi connectivity index (χ4n) is 4.33. The van der Waals surface area contributed by atoms with E-state index in [2.05, 4.69) is 0 Å². The van der Waals surface area contributed by atoms with Crippen LogP contribution in [0, 0.1) is 0 Å². The number of esters is 1. The van der Waals surface area contributed by atoms with Crippen molar-refractivity contribution in [3.63, 3.8) is 0 Å². The largest absolute Gasteiger partial charge is 0.480 e. The van der Waals surface area contributed by atoms with Crippen LogP contribution in [0.4, 0.5) is 0 Å². The Balaban J connectivity index is 2.07. The molecule has 0 heterocycles. The molecule has 0 amide bonds. The average molecular weight is 308 g/mol. The zero-order valence-electron chi connectivity index (χ0n) is 12.7. The highest BCUT2D eigenvalue weighted by Crippen LogP contribution is 2.57. The predicted molar refractivity (Wildman–Crippen MR) is 83.3 cm³/mol. The number of carboxylic acids is 1. The van der Waals surface area contributed by atoms with Gasteiger partial charge in [-0.15, -0.1) is 0 Å². The molecule has 4 nitrogen and oxygen atoms in total. The second-order valence-electron chi connectivity index (χ2n) is 6.17. The van der Waals surface area contributed by atoms with Gasteiger partial charge in [-0.3, -0.25) is 9.59 Å². The maximum Gasteiger partial charge on any atom is 0.322 e. The van der Waals surface area contributed by atoms with Gasteiger partial charge < -0.3 is 9.84 Å². The van der Waals surface area contributed by atoms with Crippen LogP contribution in [0.2, 0.25) is 0 Å². The van der Waals surface area contributed by atoms with Crippen molar-refractivity contribution in [2.45, 2.75) is 30.8 Å². The van der Waals surface area contributed by atoms with Gasteiger partial charge in [0.05, 0.1) is 0 Å². The third kappa shape index (κ3) is 1.66. The molecule has 0 aliphatic heterocycles. The summed E-state index contributed by atoms with van der Waals surface area (Å²) in [4.78, 5) is 24.0. The number of hydrogen-bond donors (Lipinski definition) is 1. The van der Waals surface area contributed by atoms with E-state index in [1.54, 1.807) is 0 Å².